The van der Waals surface area contributed by atoms with Gasteiger partial charge in [-0.15, -0.1) is 0 Å². The Morgan fingerprint density at radius 1 is 1.11 bits per heavy atom. The summed E-state index contributed by atoms with van der Waals surface area (Å²) in [6, 6.07) is 5.33. The topological polar surface area (TPSA) is 63.6 Å². The van der Waals surface area contributed by atoms with Gasteiger partial charge in [0.25, 0.3) is 0 Å². The summed E-state index contributed by atoms with van der Waals surface area (Å²) >= 11 is 3.08. The van der Waals surface area contributed by atoms with Gasteiger partial charge in [0.1, 0.15) is 0 Å². The lowest BCUT2D eigenvalue weighted by Crippen LogP contribution is -2.22. The Bertz CT molecular complexity index is 658. The fraction of sp³-hybridized carbons (Fsp3) is 0.250. The zero-order valence-electron chi connectivity index (χ0n) is 8.81. The molecule has 1 atom stereocenters. The molecule has 0 N–H and O–H groups in total. The van der Waals surface area contributed by atoms with E-state index in [0.29, 0.717) is 4.47 Å². The fourth-order valence-electron chi connectivity index (χ4n) is 0.960. The first-order valence-electron chi connectivity index (χ1n) is 4.26. The molecule has 18 heavy (non-hydrogen) atoms. The summed E-state index contributed by atoms with van der Waals surface area (Å²) in [5, 5.41) is 0. The minimum absolute atomic E-state index is 0.0986. The minimum Gasteiger partial charge on any atom is -0.244 e. The summed E-state index contributed by atoms with van der Waals surface area (Å²) in [4.78, 5) is -0.0986. The van der Waals surface area contributed by atoms with Gasteiger partial charge in [-0.05, 0) is 24.3 Å². The van der Waals surface area contributed by atoms with Gasteiger partial charge < -0.3 is 0 Å². The number of hydrogen-bond donors (Lipinski definition) is 0. The molecule has 0 amide bonds. The summed E-state index contributed by atoms with van der Waals surface area (Å²) in [6.45, 7) is 0. The lowest BCUT2D eigenvalue weighted by molar-refractivity contribution is -0.0434. The van der Waals surface area contributed by atoms with Crippen LogP contribution in [0.4, 0.5) is 13.2 Å². The van der Waals surface area contributed by atoms with Crippen molar-refractivity contribution >= 4 is 35.7 Å². The summed E-state index contributed by atoms with van der Waals surface area (Å²) in [5.41, 5.74) is -5.55. The Balaban J connectivity index is 3.40. The van der Waals surface area contributed by atoms with E-state index < -0.39 is 25.3 Å². The van der Waals surface area contributed by atoms with Gasteiger partial charge >= 0.3 is 15.5 Å². The quantitative estimate of drug-likeness (QED) is 0.809. The van der Waals surface area contributed by atoms with Crippen LogP contribution in [-0.4, -0.2) is 24.4 Å². The molecule has 0 heterocycles. The van der Waals surface area contributed by atoms with Crippen molar-refractivity contribution in [3.05, 3.63) is 28.7 Å². The number of nitrogens with zero attached hydrogens (tertiary/aromatic N) is 1. The Labute approximate surface area is 111 Å². The highest BCUT2D eigenvalue weighted by atomic mass is 79.9. The van der Waals surface area contributed by atoms with Gasteiger partial charge in [-0.25, -0.2) is 4.21 Å². The van der Waals surface area contributed by atoms with Crippen molar-refractivity contribution in [2.45, 2.75) is 10.4 Å². The van der Waals surface area contributed by atoms with Gasteiger partial charge in [0.15, 0.2) is 0 Å². The third kappa shape index (κ3) is 3.45. The predicted octanol–water partition coefficient (Wildman–Crippen LogP) is 2.76. The van der Waals surface area contributed by atoms with E-state index in [9.17, 15) is 25.8 Å². The number of halogens is 4. The normalized spacial score (nSPS) is 16.1. The first-order valence-corrected chi connectivity index (χ1v) is 8.42. The van der Waals surface area contributed by atoms with Gasteiger partial charge in [0.2, 0.25) is 0 Å². The third-order valence-electron chi connectivity index (χ3n) is 1.78. The predicted molar refractivity (Wildman–Crippen MR) is 63.9 cm³/mol. The van der Waals surface area contributed by atoms with Crippen molar-refractivity contribution in [3.63, 3.8) is 0 Å². The largest absolute Gasteiger partial charge is 0.519 e. The first kappa shape index (κ1) is 15.4. The molecule has 0 aromatic heterocycles. The summed E-state index contributed by atoms with van der Waals surface area (Å²) in [7, 11) is -9.45. The van der Waals surface area contributed by atoms with Crippen LogP contribution in [-0.2, 0) is 19.8 Å². The van der Waals surface area contributed by atoms with Crippen LogP contribution >= 0.6 is 15.9 Å². The molecule has 0 saturated carbocycles. The van der Waals surface area contributed by atoms with Crippen LogP contribution in [0.3, 0.4) is 0 Å². The molecule has 102 valence electrons. The zero-order valence-corrected chi connectivity index (χ0v) is 12.0. The number of sulfonamides is 1. The second-order valence-electron chi connectivity index (χ2n) is 3.25. The van der Waals surface area contributed by atoms with E-state index >= 15 is 0 Å². The highest BCUT2D eigenvalue weighted by molar-refractivity contribution is 9.10. The molecule has 0 aliphatic rings. The van der Waals surface area contributed by atoms with Gasteiger partial charge in [-0.2, -0.15) is 21.6 Å². The fourth-order valence-corrected chi connectivity index (χ4v) is 4.05. The van der Waals surface area contributed by atoms with Crippen molar-refractivity contribution in [2.24, 2.45) is 3.77 Å². The highest BCUT2D eigenvalue weighted by Crippen LogP contribution is 2.27. The average molecular weight is 366 g/mol. The number of alkyl halides is 3. The van der Waals surface area contributed by atoms with Gasteiger partial charge in [-0.3, -0.25) is 0 Å². The van der Waals surface area contributed by atoms with E-state index in [0.717, 1.165) is 6.26 Å². The molecular weight excluding hydrogens is 359 g/mol. The van der Waals surface area contributed by atoms with Crippen LogP contribution in [0, 0.1) is 0 Å². The molecule has 0 saturated heterocycles. The number of rotatable bonds is 2. The Morgan fingerprint density at radius 2 is 1.56 bits per heavy atom. The van der Waals surface area contributed by atoms with Gasteiger partial charge in [0.05, 0.1) is 9.73 Å². The molecule has 0 bridgehead atoms. The van der Waals surface area contributed by atoms with E-state index in [1.165, 1.54) is 24.3 Å². The van der Waals surface area contributed by atoms with Crippen molar-refractivity contribution < 1.29 is 25.8 Å². The molecule has 1 aromatic carbocycles. The maximum Gasteiger partial charge on any atom is 0.519 e. The monoisotopic (exact) mass is 365 g/mol. The summed E-state index contributed by atoms with van der Waals surface area (Å²) in [5.74, 6) is 0. The summed E-state index contributed by atoms with van der Waals surface area (Å²) < 4.78 is 73.0. The highest BCUT2D eigenvalue weighted by Gasteiger charge is 2.47. The van der Waals surface area contributed by atoms with Crippen molar-refractivity contribution in [2.75, 3.05) is 6.26 Å². The third-order valence-corrected chi connectivity index (χ3v) is 5.97. The SMILES string of the molecule is CS(=O)(=NS(=O)(=O)C(F)(F)F)c1ccc(Br)cc1. The Hall–Kier alpha value is -0.610. The summed E-state index contributed by atoms with van der Waals surface area (Å²) in [6.07, 6.45) is 0.833. The number of hydrogen-bond acceptors (Lipinski definition) is 3. The maximum absolute atomic E-state index is 12.1. The Morgan fingerprint density at radius 3 is 1.94 bits per heavy atom. The molecule has 0 fully saturated rings. The second-order valence-corrected chi connectivity index (χ2v) is 8.25. The lowest BCUT2D eigenvalue weighted by Gasteiger charge is -2.07. The molecule has 1 aromatic rings. The van der Waals surface area contributed by atoms with Crippen LogP contribution < -0.4 is 0 Å². The maximum atomic E-state index is 12.1. The van der Waals surface area contributed by atoms with Crippen LogP contribution in [0.15, 0.2) is 37.4 Å². The Kier molecular flexibility index (Phi) is 4.13. The molecule has 10 heteroatoms. The van der Waals surface area contributed by atoms with Crippen LogP contribution in [0.25, 0.3) is 0 Å². The number of benzene rings is 1. The standard InChI is InChI=1S/C8H7BrF3NO3S2/c1-17(14,7-4-2-6(9)3-5-7)13-18(15,16)8(10,11)12/h2-5H,1H3. The van der Waals surface area contributed by atoms with E-state index in [1.54, 1.807) is 0 Å². The van der Waals surface area contributed by atoms with Crippen molar-refractivity contribution in [1.29, 1.82) is 0 Å². The van der Waals surface area contributed by atoms with E-state index in [2.05, 4.69) is 19.7 Å². The van der Waals surface area contributed by atoms with Crippen LogP contribution in [0.1, 0.15) is 0 Å². The molecule has 1 rings (SSSR count). The molecular formula is C8H7BrF3NO3S2. The molecule has 0 aliphatic heterocycles. The molecule has 0 spiro atoms. The van der Waals surface area contributed by atoms with Crippen molar-refractivity contribution in [3.8, 4) is 0 Å². The van der Waals surface area contributed by atoms with E-state index in [-0.39, 0.29) is 4.90 Å². The lowest BCUT2D eigenvalue weighted by atomic mass is 10.4. The smallest absolute Gasteiger partial charge is 0.244 e. The van der Waals surface area contributed by atoms with E-state index in [4.69, 9.17) is 0 Å². The van der Waals surface area contributed by atoms with Gasteiger partial charge in [0, 0.05) is 15.6 Å². The zero-order chi connectivity index (χ0) is 14.2. The molecule has 1 unspecified atom stereocenters. The molecule has 0 radical (unpaired) electrons. The second kappa shape index (κ2) is 4.82. The molecule has 4 nitrogen and oxygen atoms in total. The van der Waals surface area contributed by atoms with Crippen molar-refractivity contribution in [1.82, 2.24) is 0 Å². The van der Waals surface area contributed by atoms with E-state index in [1.807, 2.05) is 0 Å². The van der Waals surface area contributed by atoms with Gasteiger partial charge in [-0.1, -0.05) is 19.7 Å². The van der Waals surface area contributed by atoms with Crippen LogP contribution in [0.5, 0.6) is 0 Å². The van der Waals surface area contributed by atoms with Crippen LogP contribution in [0.2, 0.25) is 0 Å². The average Bonchev–Trinajstić information content (AvgIpc) is 2.14. The minimum atomic E-state index is -5.78. The molecule has 0 aliphatic carbocycles. The first-order chi connectivity index (χ1) is 7.96.